The first-order valence-corrected chi connectivity index (χ1v) is 9.93. The van der Waals surface area contributed by atoms with Gasteiger partial charge in [-0.25, -0.2) is 0 Å². The van der Waals surface area contributed by atoms with Crippen molar-refractivity contribution >= 4 is 46.5 Å². The Hall–Kier alpha value is -1.46. The van der Waals surface area contributed by atoms with Crippen LogP contribution in [0.2, 0.25) is 15.1 Å². The van der Waals surface area contributed by atoms with Gasteiger partial charge in [0.2, 0.25) is 0 Å². The second kappa shape index (κ2) is 8.70. The third kappa shape index (κ3) is 4.88. The summed E-state index contributed by atoms with van der Waals surface area (Å²) in [5.74, 6) is -0.943. The second-order valence-electron chi connectivity index (χ2n) is 6.79. The number of rotatable bonds is 7. The molecule has 0 bridgehead atoms. The molecule has 144 valence electrons. The number of hydrogen-bond acceptors (Lipinski definition) is 3. The van der Waals surface area contributed by atoms with Crippen molar-refractivity contribution in [3.63, 3.8) is 0 Å². The number of carbonyl (C=O) groups is 1. The Morgan fingerprint density at radius 3 is 2.37 bits per heavy atom. The van der Waals surface area contributed by atoms with Crippen LogP contribution in [0.25, 0.3) is 0 Å². The molecule has 1 aliphatic rings. The second-order valence-corrected chi connectivity index (χ2v) is 7.98. The molecule has 1 N–H and O–H groups in total. The van der Waals surface area contributed by atoms with E-state index in [1.165, 1.54) is 11.1 Å². The van der Waals surface area contributed by atoms with Crippen LogP contribution in [0.1, 0.15) is 18.1 Å². The van der Waals surface area contributed by atoms with Gasteiger partial charge in [0.05, 0.1) is 21.0 Å². The van der Waals surface area contributed by atoms with Crippen LogP contribution in [0.15, 0.2) is 36.4 Å². The van der Waals surface area contributed by atoms with Gasteiger partial charge < -0.3 is 10.0 Å². The fourth-order valence-corrected chi connectivity index (χ4v) is 3.86. The molecule has 0 atom stereocenters. The van der Waals surface area contributed by atoms with Gasteiger partial charge in [-0.3, -0.25) is 9.69 Å². The Kier molecular flexibility index (Phi) is 6.53. The summed E-state index contributed by atoms with van der Waals surface area (Å²) in [6, 6.07) is 12.0. The highest BCUT2D eigenvalue weighted by atomic mass is 35.5. The van der Waals surface area contributed by atoms with Gasteiger partial charge in [-0.05, 0) is 30.2 Å². The van der Waals surface area contributed by atoms with Crippen molar-refractivity contribution in [2.24, 2.45) is 5.92 Å². The zero-order valence-corrected chi connectivity index (χ0v) is 17.2. The summed E-state index contributed by atoms with van der Waals surface area (Å²) in [4.78, 5) is 15.3. The summed E-state index contributed by atoms with van der Waals surface area (Å²) in [6.45, 7) is 5.58. The van der Waals surface area contributed by atoms with Crippen molar-refractivity contribution in [2.45, 2.75) is 20.0 Å². The van der Waals surface area contributed by atoms with Gasteiger partial charge in [0, 0.05) is 38.4 Å². The Morgan fingerprint density at radius 2 is 1.78 bits per heavy atom. The van der Waals surface area contributed by atoms with E-state index in [1.54, 1.807) is 0 Å². The van der Waals surface area contributed by atoms with Crippen molar-refractivity contribution < 1.29 is 9.90 Å². The molecule has 0 radical (unpaired) electrons. The molecule has 4 nitrogen and oxygen atoms in total. The highest BCUT2D eigenvalue weighted by Gasteiger charge is 2.32. The van der Waals surface area contributed by atoms with E-state index in [1.807, 2.05) is 18.2 Å². The number of anilines is 1. The minimum atomic E-state index is -0.709. The monoisotopic (exact) mass is 426 g/mol. The quantitative estimate of drug-likeness (QED) is 0.618. The lowest BCUT2D eigenvalue weighted by molar-refractivity contribution is -0.147. The molecule has 3 rings (SSSR count). The predicted molar refractivity (Wildman–Crippen MR) is 111 cm³/mol. The number of carboxylic acids is 1. The normalized spacial score (nSPS) is 14.8. The lowest BCUT2D eigenvalue weighted by Gasteiger charge is -2.36. The van der Waals surface area contributed by atoms with Crippen LogP contribution in [0.3, 0.4) is 0 Å². The largest absolute Gasteiger partial charge is 0.481 e. The topological polar surface area (TPSA) is 43.8 Å². The van der Waals surface area contributed by atoms with Gasteiger partial charge in [-0.2, -0.15) is 0 Å². The van der Waals surface area contributed by atoms with Gasteiger partial charge >= 0.3 is 5.97 Å². The van der Waals surface area contributed by atoms with Crippen LogP contribution in [0.5, 0.6) is 0 Å². The van der Waals surface area contributed by atoms with E-state index in [0.29, 0.717) is 28.2 Å². The molecule has 0 aromatic heterocycles. The maximum absolute atomic E-state index is 10.9. The molecule has 2 aromatic rings. The van der Waals surface area contributed by atoms with Crippen molar-refractivity contribution in [2.75, 3.05) is 24.5 Å². The number of hydrogen-bond donors (Lipinski definition) is 1. The van der Waals surface area contributed by atoms with Crippen LogP contribution < -0.4 is 4.90 Å². The van der Waals surface area contributed by atoms with E-state index in [4.69, 9.17) is 39.9 Å². The van der Waals surface area contributed by atoms with Crippen LogP contribution >= 0.6 is 34.8 Å². The summed E-state index contributed by atoms with van der Waals surface area (Å²) in [5.41, 5.74) is 3.28. The first kappa shape index (κ1) is 20.3. The first-order valence-electron chi connectivity index (χ1n) is 8.79. The van der Waals surface area contributed by atoms with Gasteiger partial charge in [-0.15, -0.1) is 0 Å². The smallest absolute Gasteiger partial charge is 0.309 e. The van der Waals surface area contributed by atoms with Crippen molar-refractivity contribution in [1.29, 1.82) is 0 Å². The lowest BCUT2D eigenvalue weighted by atomic mass is 9.99. The molecule has 1 saturated heterocycles. The molecule has 7 heteroatoms. The van der Waals surface area contributed by atoms with E-state index >= 15 is 0 Å². The molecule has 1 aliphatic heterocycles. The molecule has 0 saturated carbocycles. The molecule has 0 spiro atoms. The highest BCUT2D eigenvalue weighted by Crippen LogP contribution is 2.35. The molecule has 0 aliphatic carbocycles. The number of nitrogens with zero attached hydrogens (tertiary/aromatic N) is 2. The van der Waals surface area contributed by atoms with E-state index in [0.717, 1.165) is 25.3 Å². The third-order valence-electron chi connectivity index (χ3n) is 4.79. The minimum absolute atomic E-state index is 0.233. The summed E-state index contributed by atoms with van der Waals surface area (Å²) in [5, 5.41) is 10.2. The Bertz CT molecular complexity index is 815. The average Bonchev–Trinajstić information content (AvgIpc) is 2.60. The molecular weight excluding hydrogens is 407 g/mol. The predicted octanol–water partition coefficient (Wildman–Crippen LogP) is 5.19. The third-order valence-corrected chi connectivity index (χ3v) is 5.99. The van der Waals surface area contributed by atoms with E-state index in [-0.39, 0.29) is 5.92 Å². The van der Waals surface area contributed by atoms with E-state index in [9.17, 15) is 4.79 Å². The number of aliphatic carboxylic acids is 1. The Balaban J connectivity index is 1.68. The summed E-state index contributed by atoms with van der Waals surface area (Å²) >= 11 is 18.4. The molecule has 2 aromatic carbocycles. The van der Waals surface area contributed by atoms with Crippen LogP contribution in [-0.2, 0) is 17.9 Å². The fraction of sp³-hybridized carbons (Fsp3) is 0.350. The molecule has 1 fully saturated rings. The molecule has 0 amide bonds. The standard InChI is InChI=1S/C20H21Cl3N2O2/c1-2-25(16-7-17(21)19(23)18(22)8-16)10-14-5-3-4-13(6-14)9-24-11-15(12-24)20(26)27/h3-8,15H,2,9-12H2,1H3,(H,26,27). The SMILES string of the molecule is CCN(Cc1cccc(CN2CC(C(=O)O)C2)c1)c1cc(Cl)c(Cl)c(Cl)c1. The van der Waals surface area contributed by atoms with Crippen LogP contribution in [0, 0.1) is 5.92 Å². The fourth-order valence-electron chi connectivity index (χ4n) is 3.27. The molecule has 1 heterocycles. The number of carboxylic acid groups (broad SMARTS) is 1. The van der Waals surface area contributed by atoms with Gasteiger partial charge in [0.15, 0.2) is 0 Å². The van der Waals surface area contributed by atoms with Crippen molar-refractivity contribution in [1.82, 2.24) is 4.90 Å². The maximum atomic E-state index is 10.9. The number of benzene rings is 2. The van der Waals surface area contributed by atoms with E-state index in [2.05, 4.69) is 34.9 Å². The molecule has 27 heavy (non-hydrogen) atoms. The Labute approximate surface area is 174 Å². The van der Waals surface area contributed by atoms with Gasteiger partial charge in [0.25, 0.3) is 0 Å². The lowest BCUT2D eigenvalue weighted by Crippen LogP contribution is -2.49. The van der Waals surface area contributed by atoms with Crippen molar-refractivity contribution in [3.05, 3.63) is 62.6 Å². The Morgan fingerprint density at radius 1 is 1.15 bits per heavy atom. The van der Waals surface area contributed by atoms with Crippen LogP contribution in [-0.4, -0.2) is 35.6 Å². The zero-order valence-electron chi connectivity index (χ0n) is 15.0. The minimum Gasteiger partial charge on any atom is -0.481 e. The summed E-state index contributed by atoms with van der Waals surface area (Å²) < 4.78 is 0. The van der Waals surface area contributed by atoms with Crippen LogP contribution in [0.4, 0.5) is 5.69 Å². The molecular formula is C20H21Cl3N2O2. The van der Waals surface area contributed by atoms with Gasteiger partial charge in [0.1, 0.15) is 0 Å². The highest BCUT2D eigenvalue weighted by molar-refractivity contribution is 6.48. The summed E-state index contributed by atoms with van der Waals surface area (Å²) in [6.07, 6.45) is 0. The van der Waals surface area contributed by atoms with Gasteiger partial charge in [-0.1, -0.05) is 59.1 Å². The van der Waals surface area contributed by atoms with Crippen molar-refractivity contribution in [3.8, 4) is 0 Å². The zero-order chi connectivity index (χ0) is 19.6. The first-order chi connectivity index (χ1) is 12.9. The van der Waals surface area contributed by atoms with E-state index < -0.39 is 5.97 Å². The number of halogens is 3. The molecule has 0 unspecified atom stereocenters. The average molecular weight is 428 g/mol. The maximum Gasteiger partial charge on any atom is 0.309 e. The summed E-state index contributed by atoms with van der Waals surface area (Å²) in [7, 11) is 0. The number of likely N-dealkylation sites (tertiary alicyclic amines) is 1.